The Morgan fingerprint density at radius 1 is 1.62 bits per heavy atom. The molecule has 0 spiro atoms. The molecule has 0 aliphatic heterocycles. The quantitative estimate of drug-likeness (QED) is 0.706. The largest absolute Gasteiger partial charge is 0.495 e. The molecule has 1 aromatic heterocycles. The van der Waals surface area contributed by atoms with Gasteiger partial charge in [0.2, 0.25) is 0 Å². The van der Waals surface area contributed by atoms with Gasteiger partial charge in [-0.25, -0.2) is 9.78 Å². The Hall–Kier alpha value is -1.95. The van der Waals surface area contributed by atoms with E-state index in [0.29, 0.717) is 6.29 Å². The third kappa shape index (κ3) is 2.01. The first kappa shape index (κ1) is 12.1. The Labute approximate surface area is 92.0 Å². The van der Waals surface area contributed by atoms with Crippen LogP contribution >= 0.6 is 0 Å². The summed E-state index contributed by atoms with van der Waals surface area (Å²) in [6, 6.07) is 2.88. The maximum Gasteiger partial charge on any atom is 0.329 e. The molecule has 0 aromatic carbocycles. The Balaban J connectivity index is 3.39. The summed E-state index contributed by atoms with van der Waals surface area (Å²) in [5, 5.41) is 8.97. The highest BCUT2D eigenvalue weighted by molar-refractivity contribution is 5.81. The van der Waals surface area contributed by atoms with Crippen molar-refractivity contribution < 1.29 is 19.4 Å². The van der Waals surface area contributed by atoms with E-state index >= 15 is 0 Å². The zero-order valence-electron chi connectivity index (χ0n) is 8.93. The number of carboxylic acids is 1. The fourth-order valence-corrected chi connectivity index (χ4v) is 1.17. The minimum atomic E-state index is -1.70. The molecule has 0 fully saturated rings. The molecule has 6 nitrogen and oxygen atoms in total. The smallest absolute Gasteiger partial charge is 0.329 e. The van der Waals surface area contributed by atoms with Crippen LogP contribution < -0.4 is 10.5 Å². The number of carbonyl (C=O) groups is 2. The van der Waals surface area contributed by atoms with E-state index < -0.39 is 11.5 Å². The summed E-state index contributed by atoms with van der Waals surface area (Å²) in [6.07, 6.45) is 0.515. The summed E-state index contributed by atoms with van der Waals surface area (Å²) in [6.45, 7) is 1.29. The molecule has 1 atom stereocenters. The molecule has 0 saturated carbocycles. The number of carboxylic acid groups (broad SMARTS) is 1. The van der Waals surface area contributed by atoms with Gasteiger partial charge in [0.15, 0.2) is 11.8 Å². The van der Waals surface area contributed by atoms with Crippen molar-refractivity contribution in [3.63, 3.8) is 0 Å². The Morgan fingerprint density at radius 2 is 2.25 bits per heavy atom. The molecule has 1 aromatic rings. The molecule has 6 heteroatoms. The van der Waals surface area contributed by atoms with E-state index in [1.807, 2.05) is 0 Å². The lowest BCUT2D eigenvalue weighted by Crippen LogP contribution is -2.43. The van der Waals surface area contributed by atoms with Gasteiger partial charge in [-0.2, -0.15) is 0 Å². The third-order valence-corrected chi connectivity index (χ3v) is 2.16. The van der Waals surface area contributed by atoms with E-state index in [-0.39, 0.29) is 17.1 Å². The van der Waals surface area contributed by atoms with Gasteiger partial charge >= 0.3 is 5.97 Å². The highest BCUT2D eigenvalue weighted by Crippen LogP contribution is 2.26. The lowest BCUT2D eigenvalue weighted by Gasteiger charge is -2.21. The predicted molar refractivity (Wildman–Crippen MR) is 55.4 cm³/mol. The van der Waals surface area contributed by atoms with Gasteiger partial charge in [-0.3, -0.25) is 4.79 Å². The van der Waals surface area contributed by atoms with Gasteiger partial charge in [-0.15, -0.1) is 0 Å². The molecule has 0 saturated heterocycles. The predicted octanol–water partition coefficient (Wildman–Crippen LogP) is 0.161. The number of nitrogens with two attached hydrogens (primary N) is 1. The van der Waals surface area contributed by atoms with Gasteiger partial charge in [-0.05, 0) is 19.1 Å². The van der Waals surface area contributed by atoms with Crippen molar-refractivity contribution in [3.05, 3.63) is 23.5 Å². The van der Waals surface area contributed by atoms with Crippen LogP contribution in [0.2, 0.25) is 0 Å². The van der Waals surface area contributed by atoms with Crippen molar-refractivity contribution in [1.29, 1.82) is 0 Å². The number of nitrogens with zero attached hydrogens (tertiary/aromatic N) is 1. The molecule has 86 valence electrons. The van der Waals surface area contributed by atoms with Crippen LogP contribution in [0.25, 0.3) is 0 Å². The second-order valence-electron chi connectivity index (χ2n) is 3.41. The number of methoxy groups -OCH3 is 1. The fourth-order valence-electron chi connectivity index (χ4n) is 1.17. The lowest BCUT2D eigenvalue weighted by molar-refractivity contribution is -0.143. The standard InChI is InChI=1S/C10H12N2O4/c1-10(11,9(14)15)8-7(16-2)4-3-6(5-13)12-8/h3-5H,11H2,1-2H3,(H,14,15)/t10-/m0/s1. The first-order chi connectivity index (χ1) is 7.43. The number of aldehydes is 1. The molecule has 0 aliphatic rings. The zero-order chi connectivity index (χ0) is 12.3. The minimum Gasteiger partial charge on any atom is -0.495 e. The number of carbonyl (C=O) groups excluding carboxylic acids is 1. The first-order valence-electron chi connectivity index (χ1n) is 4.46. The van der Waals surface area contributed by atoms with Crippen molar-refractivity contribution in [2.24, 2.45) is 5.73 Å². The van der Waals surface area contributed by atoms with Crippen molar-refractivity contribution in [1.82, 2.24) is 4.98 Å². The maximum atomic E-state index is 11.0. The monoisotopic (exact) mass is 224 g/mol. The number of ether oxygens (including phenoxy) is 1. The van der Waals surface area contributed by atoms with Crippen LogP contribution in [0.3, 0.4) is 0 Å². The number of aliphatic carboxylic acids is 1. The van der Waals surface area contributed by atoms with Gasteiger partial charge in [0.1, 0.15) is 17.1 Å². The molecule has 1 heterocycles. The van der Waals surface area contributed by atoms with Crippen LogP contribution in [0.4, 0.5) is 0 Å². The summed E-state index contributed by atoms with van der Waals surface area (Å²) in [5.74, 6) is -1.01. The zero-order valence-corrected chi connectivity index (χ0v) is 8.93. The van der Waals surface area contributed by atoms with Crippen LogP contribution in [-0.2, 0) is 10.3 Å². The normalized spacial score (nSPS) is 13.9. The van der Waals surface area contributed by atoms with Gasteiger partial charge in [0, 0.05) is 0 Å². The number of rotatable bonds is 4. The van der Waals surface area contributed by atoms with Crippen LogP contribution in [0.1, 0.15) is 23.1 Å². The molecule has 0 unspecified atom stereocenters. The average Bonchev–Trinajstić information content (AvgIpc) is 2.27. The lowest BCUT2D eigenvalue weighted by atomic mass is 9.97. The molecular weight excluding hydrogens is 212 g/mol. The summed E-state index contributed by atoms with van der Waals surface area (Å²) < 4.78 is 4.96. The summed E-state index contributed by atoms with van der Waals surface area (Å²) >= 11 is 0. The van der Waals surface area contributed by atoms with Gasteiger partial charge < -0.3 is 15.6 Å². The second-order valence-corrected chi connectivity index (χ2v) is 3.41. The summed E-state index contributed by atoms with van der Waals surface area (Å²) in [7, 11) is 1.37. The SMILES string of the molecule is COc1ccc(C=O)nc1[C@](C)(N)C(=O)O. The van der Waals surface area contributed by atoms with E-state index in [0.717, 1.165) is 0 Å². The Morgan fingerprint density at radius 3 is 2.69 bits per heavy atom. The van der Waals surface area contributed by atoms with Gasteiger partial charge in [-0.1, -0.05) is 0 Å². The highest BCUT2D eigenvalue weighted by atomic mass is 16.5. The van der Waals surface area contributed by atoms with Crippen molar-refractivity contribution in [3.8, 4) is 5.75 Å². The molecule has 0 aliphatic carbocycles. The molecule has 0 bridgehead atoms. The van der Waals surface area contributed by atoms with Gasteiger partial charge in [0.05, 0.1) is 7.11 Å². The summed E-state index contributed by atoms with van der Waals surface area (Å²) in [5.41, 5.74) is 4.04. The van der Waals surface area contributed by atoms with Crippen molar-refractivity contribution in [2.45, 2.75) is 12.5 Å². The van der Waals surface area contributed by atoms with Crippen LogP contribution in [0, 0.1) is 0 Å². The number of hydrogen-bond donors (Lipinski definition) is 2. The van der Waals surface area contributed by atoms with Crippen LogP contribution in [-0.4, -0.2) is 29.5 Å². The Bertz CT molecular complexity index is 429. The molecule has 16 heavy (non-hydrogen) atoms. The van der Waals surface area contributed by atoms with Crippen LogP contribution in [0.5, 0.6) is 5.75 Å². The fraction of sp³-hybridized carbons (Fsp3) is 0.300. The molecule has 0 radical (unpaired) electrons. The van der Waals surface area contributed by atoms with Crippen LogP contribution in [0.15, 0.2) is 12.1 Å². The number of aromatic nitrogens is 1. The summed E-state index contributed by atoms with van der Waals surface area (Å²) in [4.78, 5) is 25.4. The number of pyridine rings is 1. The Kier molecular flexibility index (Phi) is 3.24. The highest BCUT2D eigenvalue weighted by Gasteiger charge is 2.35. The van der Waals surface area contributed by atoms with E-state index in [1.165, 1.54) is 26.2 Å². The van der Waals surface area contributed by atoms with E-state index in [4.69, 9.17) is 15.6 Å². The van der Waals surface area contributed by atoms with E-state index in [1.54, 1.807) is 0 Å². The molecule has 3 N–H and O–H groups in total. The third-order valence-electron chi connectivity index (χ3n) is 2.16. The number of hydrogen-bond acceptors (Lipinski definition) is 5. The first-order valence-corrected chi connectivity index (χ1v) is 4.46. The minimum absolute atomic E-state index is 0.0205. The topological polar surface area (TPSA) is 103 Å². The van der Waals surface area contributed by atoms with Gasteiger partial charge in [0.25, 0.3) is 0 Å². The second kappa shape index (κ2) is 4.28. The van der Waals surface area contributed by atoms with Crippen molar-refractivity contribution >= 4 is 12.3 Å². The molecule has 1 rings (SSSR count). The average molecular weight is 224 g/mol. The van der Waals surface area contributed by atoms with E-state index in [9.17, 15) is 9.59 Å². The molecular formula is C10H12N2O4. The maximum absolute atomic E-state index is 11.0. The van der Waals surface area contributed by atoms with E-state index in [2.05, 4.69) is 4.98 Å². The van der Waals surface area contributed by atoms with Crippen molar-refractivity contribution in [2.75, 3.05) is 7.11 Å². The molecule has 0 amide bonds.